The van der Waals surface area contributed by atoms with Crippen LogP contribution in [0.2, 0.25) is 0 Å². The quantitative estimate of drug-likeness (QED) is 0.839. The van der Waals surface area contributed by atoms with Gasteiger partial charge in [-0.05, 0) is 26.3 Å². The fourth-order valence-corrected chi connectivity index (χ4v) is 2.85. The van der Waals surface area contributed by atoms with Crippen LogP contribution in [-0.2, 0) is 0 Å². The number of urea groups is 1. The first kappa shape index (κ1) is 13.7. The predicted molar refractivity (Wildman–Crippen MR) is 75.6 cm³/mol. The zero-order chi connectivity index (χ0) is 14.2. The number of carbonyl (C=O) groups excluding carboxylic acids is 1. The Morgan fingerprint density at radius 3 is 2.58 bits per heavy atom. The van der Waals surface area contributed by atoms with Gasteiger partial charge in [-0.3, -0.25) is 0 Å². The molecule has 4 heteroatoms. The van der Waals surface area contributed by atoms with Crippen LogP contribution < -0.4 is 4.74 Å². The first-order valence-electron chi connectivity index (χ1n) is 6.66. The molecule has 1 aromatic rings. The number of rotatable bonds is 3. The van der Waals surface area contributed by atoms with Crippen molar-refractivity contribution in [3.8, 4) is 5.75 Å². The molecule has 0 radical (unpaired) electrons. The maximum absolute atomic E-state index is 12.1. The van der Waals surface area contributed by atoms with Crippen molar-refractivity contribution in [2.45, 2.75) is 26.8 Å². The van der Waals surface area contributed by atoms with Crippen LogP contribution in [0.1, 0.15) is 29.7 Å². The van der Waals surface area contributed by atoms with Crippen molar-refractivity contribution in [2.24, 2.45) is 0 Å². The number of benzene rings is 1. The van der Waals surface area contributed by atoms with Gasteiger partial charge in [-0.15, -0.1) is 0 Å². The molecule has 0 N–H and O–H groups in total. The summed E-state index contributed by atoms with van der Waals surface area (Å²) in [5, 5.41) is 0. The SMILES string of the molecule is CCN1CC(c2cc(C)cc(C)c2OC)N(C)C1=O. The van der Waals surface area contributed by atoms with Crippen LogP contribution in [-0.4, -0.2) is 43.1 Å². The van der Waals surface area contributed by atoms with Crippen LogP contribution in [0.25, 0.3) is 0 Å². The lowest BCUT2D eigenvalue weighted by atomic mass is 9.99. The van der Waals surface area contributed by atoms with Crippen LogP contribution in [0.4, 0.5) is 4.79 Å². The molecule has 19 heavy (non-hydrogen) atoms. The summed E-state index contributed by atoms with van der Waals surface area (Å²) in [5.74, 6) is 0.896. The topological polar surface area (TPSA) is 32.8 Å². The Labute approximate surface area is 115 Å². The highest BCUT2D eigenvalue weighted by molar-refractivity contribution is 5.77. The Balaban J connectivity index is 2.45. The monoisotopic (exact) mass is 262 g/mol. The van der Waals surface area contributed by atoms with E-state index in [0.29, 0.717) is 0 Å². The molecule has 1 aliphatic heterocycles. The van der Waals surface area contributed by atoms with Crippen molar-refractivity contribution in [3.05, 3.63) is 28.8 Å². The molecule has 0 aliphatic carbocycles. The van der Waals surface area contributed by atoms with Crippen molar-refractivity contribution in [1.29, 1.82) is 0 Å². The fraction of sp³-hybridized carbons (Fsp3) is 0.533. The Morgan fingerprint density at radius 1 is 1.37 bits per heavy atom. The van der Waals surface area contributed by atoms with Crippen LogP contribution in [0.5, 0.6) is 5.75 Å². The van der Waals surface area contributed by atoms with Crippen LogP contribution in [0.15, 0.2) is 12.1 Å². The number of hydrogen-bond donors (Lipinski definition) is 0. The van der Waals surface area contributed by atoms with Gasteiger partial charge in [0.25, 0.3) is 0 Å². The smallest absolute Gasteiger partial charge is 0.320 e. The van der Waals surface area contributed by atoms with Gasteiger partial charge in [0.2, 0.25) is 0 Å². The average molecular weight is 262 g/mol. The van der Waals surface area contributed by atoms with E-state index in [1.54, 1.807) is 12.0 Å². The summed E-state index contributed by atoms with van der Waals surface area (Å²) in [6.45, 7) is 7.60. The van der Waals surface area contributed by atoms with Gasteiger partial charge in [0.1, 0.15) is 5.75 Å². The summed E-state index contributed by atoms with van der Waals surface area (Å²) in [6.07, 6.45) is 0. The van der Waals surface area contributed by atoms with E-state index < -0.39 is 0 Å². The zero-order valence-electron chi connectivity index (χ0n) is 12.4. The van der Waals surface area contributed by atoms with Gasteiger partial charge >= 0.3 is 6.03 Å². The average Bonchev–Trinajstić information content (AvgIpc) is 2.65. The third-order valence-electron chi connectivity index (χ3n) is 3.83. The normalized spacial score (nSPS) is 19.2. The molecule has 2 rings (SSSR count). The number of hydrogen-bond acceptors (Lipinski definition) is 2. The molecule has 4 nitrogen and oxygen atoms in total. The maximum Gasteiger partial charge on any atom is 0.320 e. The summed E-state index contributed by atoms with van der Waals surface area (Å²) >= 11 is 0. The standard InChI is InChI=1S/C15H22N2O2/c1-6-17-9-13(16(4)15(17)18)12-8-10(2)7-11(3)14(12)19-5/h7-8,13H,6,9H2,1-5H3. The van der Waals surface area contributed by atoms with E-state index in [1.165, 1.54) is 5.56 Å². The fourth-order valence-electron chi connectivity index (χ4n) is 2.85. The first-order chi connectivity index (χ1) is 8.99. The molecule has 0 saturated carbocycles. The van der Waals surface area contributed by atoms with Gasteiger partial charge in [0.15, 0.2) is 0 Å². The minimum absolute atomic E-state index is 0.0704. The zero-order valence-corrected chi connectivity index (χ0v) is 12.4. The van der Waals surface area contributed by atoms with Gasteiger partial charge in [0.05, 0.1) is 13.2 Å². The van der Waals surface area contributed by atoms with Crippen LogP contribution in [0.3, 0.4) is 0 Å². The van der Waals surface area contributed by atoms with Crippen molar-refractivity contribution >= 4 is 6.03 Å². The molecule has 1 unspecified atom stereocenters. The number of aryl methyl sites for hydroxylation is 2. The lowest BCUT2D eigenvalue weighted by Crippen LogP contribution is -2.29. The second-order valence-electron chi connectivity index (χ2n) is 5.15. The lowest BCUT2D eigenvalue weighted by molar-refractivity contribution is 0.197. The number of amides is 2. The summed E-state index contributed by atoms with van der Waals surface area (Å²) in [5.41, 5.74) is 3.42. The van der Waals surface area contributed by atoms with E-state index in [1.807, 2.05) is 25.8 Å². The van der Waals surface area contributed by atoms with Crippen molar-refractivity contribution in [3.63, 3.8) is 0 Å². The van der Waals surface area contributed by atoms with Crippen molar-refractivity contribution < 1.29 is 9.53 Å². The minimum Gasteiger partial charge on any atom is -0.496 e. The minimum atomic E-state index is 0.0704. The Bertz CT molecular complexity index is 499. The second-order valence-corrected chi connectivity index (χ2v) is 5.15. The third kappa shape index (κ3) is 2.27. The van der Waals surface area contributed by atoms with Gasteiger partial charge in [-0.2, -0.15) is 0 Å². The molecule has 104 valence electrons. The van der Waals surface area contributed by atoms with E-state index in [-0.39, 0.29) is 12.1 Å². The van der Waals surface area contributed by atoms with Crippen molar-refractivity contribution in [2.75, 3.05) is 27.2 Å². The van der Waals surface area contributed by atoms with Gasteiger partial charge in [-0.1, -0.05) is 17.7 Å². The molecule has 0 bridgehead atoms. The maximum atomic E-state index is 12.1. The highest BCUT2D eigenvalue weighted by Gasteiger charge is 2.36. The molecular formula is C15H22N2O2. The summed E-state index contributed by atoms with van der Waals surface area (Å²) in [4.78, 5) is 15.8. The van der Waals surface area contributed by atoms with E-state index >= 15 is 0 Å². The summed E-state index contributed by atoms with van der Waals surface area (Å²) in [6, 6.07) is 4.39. The summed E-state index contributed by atoms with van der Waals surface area (Å²) in [7, 11) is 3.55. The van der Waals surface area contributed by atoms with Crippen LogP contribution >= 0.6 is 0 Å². The molecule has 1 atom stereocenters. The lowest BCUT2D eigenvalue weighted by Gasteiger charge is -2.22. The number of likely N-dealkylation sites (N-methyl/N-ethyl adjacent to an activating group) is 2. The first-order valence-corrected chi connectivity index (χ1v) is 6.66. The Kier molecular flexibility index (Phi) is 3.69. The third-order valence-corrected chi connectivity index (χ3v) is 3.83. The second kappa shape index (κ2) is 5.11. The highest BCUT2D eigenvalue weighted by atomic mass is 16.5. The van der Waals surface area contributed by atoms with E-state index in [9.17, 15) is 4.79 Å². The van der Waals surface area contributed by atoms with E-state index in [2.05, 4.69) is 19.1 Å². The molecule has 1 aromatic carbocycles. The summed E-state index contributed by atoms with van der Waals surface area (Å²) < 4.78 is 5.54. The molecule has 2 amide bonds. The van der Waals surface area contributed by atoms with E-state index in [4.69, 9.17) is 4.74 Å². The number of carbonyl (C=O) groups is 1. The van der Waals surface area contributed by atoms with Gasteiger partial charge in [-0.25, -0.2) is 4.79 Å². The molecular weight excluding hydrogens is 240 g/mol. The Hall–Kier alpha value is -1.71. The number of ether oxygens (including phenoxy) is 1. The number of nitrogens with zero attached hydrogens (tertiary/aromatic N) is 2. The number of methoxy groups -OCH3 is 1. The molecule has 1 heterocycles. The Morgan fingerprint density at radius 2 is 2.05 bits per heavy atom. The molecule has 1 fully saturated rings. The van der Waals surface area contributed by atoms with Crippen LogP contribution in [0, 0.1) is 13.8 Å². The largest absolute Gasteiger partial charge is 0.496 e. The predicted octanol–water partition coefficient (Wildman–Crippen LogP) is 2.74. The van der Waals surface area contributed by atoms with Gasteiger partial charge < -0.3 is 14.5 Å². The van der Waals surface area contributed by atoms with Gasteiger partial charge in [0, 0.05) is 25.7 Å². The highest BCUT2D eigenvalue weighted by Crippen LogP contribution is 2.36. The van der Waals surface area contributed by atoms with Crippen molar-refractivity contribution in [1.82, 2.24) is 9.80 Å². The molecule has 0 aromatic heterocycles. The van der Waals surface area contributed by atoms with E-state index in [0.717, 1.165) is 30.0 Å². The molecule has 1 saturated heterocycles. The molecule has 0 spiro atoms. The molecule has 1 aliphatic rings.